The van der Waals surface area contributed by atoms with E-state index >= 15 is 0 Å². The van der Waals surface area contributed by atoms with E-state index in [4.69, 9.17) is 0 Å². The zero-order valence-corrected chi connectivity index (χ0v) is 14.2. The molecule has 0 fully saturated rings. The number of carbonyl (C=O) groups excluding carboxylic acids is 1. The van der Waals surface area contributed by atoms with Crippen LogP contribution in [0.15, 0.2) is 47.4 Å². The predicted octanol–water partition coefficient (Wildman–Crippen LogP) is 3.37. The normalized spacial score (nSPS) is 11.1. The van der Waals surface area contributed by atoms with Crippen LogP contribution in [0.2, 0.25) is 0 Å². The number of esters is 1. The number of hydrogen-bond acceptors (Lipinski definition) is 4. The first kappa shape index (κ1) is 17.9. The van der Waals surface area contributed by atoms with E-state index in [1.54, 1.807) is 12.1 Å². The monoisotopic (exact) mass is 351 g/mol. The summed E-state index contributed by atoms with van der Waals surface area (Å²) >= 11 is 0. The number of nitrogens with one attached hydrogen (secondary N) is 1. The van der Waals surface area contributed by atoms with Crippen LogP contribution in [-0.4, -0.2) is 21.5 Å². The van der Waals surface area contributed by atoms with Crippen LogP contribution >= 0.6 is 0 Å². The van der Waals surface area contributed by atoms with Crippen molar-refractivity contribution in [2.75, 3.05) is 11.8 Å². The Hall–Kier alpha value is -2.41. The molecular weight excluding hydrogens is 333 g/mol. The average Bonchev–Trinajstić information content (AvgIpc) is 2.55. The van der Waals surface area contributed by atoms with E-state index in [-0.39, 0.29) is 16.1 Å². The molecule has 24 heavy (non-hydrogen) atoms. The highest BCUT2D eigenvalue weighted by Crippen LogP contribution is 2.20. The molecule has 0 saturated carbocycles. The minimum atomic E-state index is -3.83. The van der Waals surface area contributed by atoms with E-state index in [1.807, 2.05) is 6.92 Å². The molecular formula is C17H18FNO4S. The van der Waals surface area contributed by atoms with E-state index < -0.39 is 21.8 Å². The van der Waals surface area contributed by atoms with Gasteiger partial charge in [-0.1, -0.05) is 25.5 Å². The van der Waals surface area contributed by atoms with Gasteiger partial charge in [-0.05, 0) is 42.3 Å². The quantitative estimate of drug-likeness (QED) is 0.810. The van der Waals surface area contributed by atoms with Crippen molar-refractivity contribution in [1.29, 1.82) is 0 Å². The Kier molecular flexibility index (Phi) is 5.56. The molecule has 0 heterocycles. The van der Waals surface area contributed by atoms with Gasteiger partial charge in [0.25, 0.3) is 10.0 Å². The molecule has 2 rings (SSSR count). The van der Waals surface area contributed by atoms with Gasteiger partial charge in [-0.3, -0.25) is 4.72 Å². The van der Waals surface area contributed by atoms with Crippen LogP contribution in [0.25, 0.3) is 0 Å². The van der Waals surface area contributed by atoms with Crippen LogP contribution in [0.3, 0.4) is 0 Å². The summed E-state index contributed by atoms with van der Waals surface area (Å²) in [5, 5.41) is 0. The lowest BCUT2D eigenvalue weighted by atomic mass is 10.1. The molecule has 5 nitrogen and oxygen atoms in total. The van der Waals surface area contributed by atoms with Crippen molar-refractivity contribution >= 4 is 21.7 Å². The molecule has 2 aromatic rings. The first-order valence-electron chi connectivity index (χ1n) is 7.37. The number of aryl methyl sites for hydroxylation is 1. The Bertz CT molecular complexity index is 832. The summed E-state index contributed by atoms with van der Waals surface area (Å²) in [7, 11) is -2.69. The fraction of sp³-hybridized carbons (Fsp3) is 0.235. The second-order valence-corrected chi connectivity index (χ2v) is 6.87. The van der Waals surface area contributed by atoms with Crippen LogP contribution in [0.4, 0.5) is 10.1 Å². The van der Waals surface area contributed by atoms with Crippen molar-refractivity contribution in [3.63, 3.8) is 0 Å². The van der Waals surface area contributed by atoms with Crippen LogP contribution in [0.1, 0.15) is 29.3 Å². The third-order valence-corrected chi connectivity index (χ3v) is 4.80. The average molecular weight is 351 g/mol. The maximum absolute atomic E-state index is 13.9. The van der Waals surface area contributed by atoms with Gasteiger partial charge in [-0.15, -0.1) is 0 Å². The molecule has 1 N–H and O–H groups in total. The van der Waals surface area contributed by atoms with Gasteiger partial charge < -0.3 is 4.74 Å². The summed E-state index contributed by atoms with van der Waals surface area (Å²) in [6, 6.07) is 9.92. The van der Waals surface area contributed by atoms with Crippen molar-refractivity contribution in [1.82, 2.24) is 0 Å². The molecule has 7 heteroatoms. The van der Waals surface area contributed by atoms with Crippen molar-refractivity contribution in [2.45, 2.75) is 24.7 Å². The second-order valence-electron chi connectivity index (χ2n) is 5.19. The molecule has 0 amide bonds. The zero-order chi connectivity index (χ0) is 17.7. The Balaban J connectivity index is 2.22. The fourth-order valence-corrected chi connectivity index (χ4v) is 3.24. The van der Waals surface area contributed by atoms with Crippen LogP contribution in [-0.2, 0) is 21.2 Å². The lowest BCUT2D eigenvalue weighted by Crippen LogP contribution is -2.14. The molecule has 0 aromatic heterocycles. The zero-order valence-electron chi connectivity index (χ0n) is 13.4. The molecule has 128 valence electrons. The highest BCUT2D eigenvalue weighted by molar-refractivity contribution is 7.92. The van der Waals surface area contributed by atoms with Crippen molar-refractivity contribution < 1.29 is 22.3 Å². The molecule has 0 saturated heterocycles. The summed E-state index contributed by atoms with van der Waals surface area (Å²) in [5.41, 5.74) is 0.812. The molecule has 2 aromatic carbocycles. The third kappa shape index (κ3) is 4.11. The number of hydrogen-bond donors (Lipinski definition) is 1. The smallest absolute Gasteiger partial charge is 0.340 e. The van der Waals surface area contributed by atoms with Crippen LogP contribution < -0.4 is 4.72 Å². The second kappa shape index (κ2) is 7.44. The van der Waals surface area contributed by atoms with Gasteiger partial charge in [0.2, 0.25) is 0 Å². The van der Waals surface area contributed by atoms with Gasteiger partial charge in [-0.25, -0.2) is 17.6 Å². The van der Waals surface area contributed by atoms with Gasteiger partial charge in [0.15, 0.2) is 0 Å². The van der Waals surface area contributed by atoms with E-state index in [0.717, 1.165) is 31.6 Å². The van der Waals surface area contributed by atoms with E-state index in [0.29, 0.717) is 0 Å². The fourth-order valence-electron chi connectivity index (χ4n) is 2.19. The Morgan fingerprint density at radius 1 is 1.17 bits per heavy atom. The molecule has 0 bridgehead atoms. The maximum atomic E-state index is 13.9. The number of halogens is 1. The van der Waals surface area contributed by atoms with Gasteiger partial charge in [0.05, 0.1) is 23.3 Å². The molecule has 0 spiro atoms. The number of ether oxygens (including phenoxy) is 1. The summed E-state index contributed by atoms with van der Waals surface area (Å²) in [5.74, 6) is -1.69. The SMILES string of the molecule is CCCc1ccc(S(=O)(=O)Nc2ccc(C(=O)OC)c(F)c2)cc1. The van der Waals surface area contributed by atoms with Gasteiger partial charge in [0.1, 0.15) is 5.82 Å². The van der Waals surface area contributed by atoms with Crippen LogP contribution in [0.5, 0.6) is 0 Å². The topological polar surface area (TPSA) is 72.5 Å². The number of benzene rings is 2. The summed E-state index contributed by atoms with van der Waals surface area (Å²) in [6.07, 6.45) is 1.84. The Morgan fingerprint density at radius 3 is 2.38 bits per heavy atom. The highest BCUT2D eigenvalue weighted by Gasteiger charge is 2.17. The maximum Gasteiger partial charge on any atom is 0.340 e. The summed E-state index contributed by atoms with van der Waals surface area (Å²) in [4.78, 5) is 11.4. The minimum Gasteiger partial charge on any atom is -0.465 e. The first-order chi connectivity index (χ1) is 11.4. The Morgan fingerprint density at radius 2 is 1.83 bits per heavy atom. The van der Waals surface area contributed by atoms with Gasteiger partial charge in [-0.2, -0.15) is 0 Å². The molecule has 0 radical (unpaired) electrons. The Labute approximate surface area is 140 Å². The molecule has 0 aliphatic rings. The van der Waals surface area contributed by atoms with E-state index in [1.165, 1.54) is 24.3 Å². The van der Waals surface area contributed by atoms with Crippen molar-refractivity contribution in [3.05, 3.63) is 59.4 Å². The number of methoxy groups -OCH3 is 1. The van der Waals surface area contributed by atoms with E-state index in [2.05, 4.69) is 9.46 Å². The standard InChI is InChI=1S/C17H18FNO4S/c1-3-4-12-5-8-14(9-6-12)24(21,22)19-13-7-10-15(16(18)11-13)17(20)23-2/h5-11,19H,3-4H2,1-2H3. The summed E-state index contributed by atoms with van der Waals surface area (Å²) < 4.78 is 45.3. The molecule has 0 aliphatic heterocycles. The number of rotatable bonds is 6. The number of carbonyl (C=O) groups is 1. The molecule has 0 unspecified atom stereocenters. The molecule has 0 aliphatic carbocycles. The first-order valence-corrected chi connectivity index (χ1v) is 8.85. The minimum absolute atomic E-state index is 0.0257. The highest BCUT2D eigenvalue weighted by atomic mass is 32.2. The van der Waals surface area contributed by atoms with Crippen LogP contribution in [0, 0.1) is 5.82 Å². The van der Waals surface area contributed by atoms with Crippen molar-refractivity contribution in [2.24, 2.45) is 0 Å². The summed E-state index contributed by atoms with van der Waals surface area (Å²) in [6.45, 7) is 2.04. The van der Waals surface area contributed by atoms with Gasteiger partial charge >= 0.3 is 5.97 Å². The largest absolute Gasteiger partial charge is 0.465 e. The number of sulfonamides is 1. The van der Waals surface area contributed by atoms with Crippen molar-refractivity contribution in [3.8, 4) is 0 Å². The lowest BCUT2D eigenvalue weighted by molar-refractivity contribution is 0.0595. The predicted molar refractivity (Wildman–Crippen MR) is 89.0 cm³/mol. The van der Waals surface area contributed by atoms with Gasteiger partial charge in [0, 0.05) is 0 Å². The van der Waals surface area contributed by atoms with E-state index in [9.17, 15) is 17.6 Å². The third-order valence-electron chi connectivity index (χ3n) is 3.40. The lowest BCUT2D eigenvalue weighted by Gasteiger charge is -2.10. The number of anilines is 1. The molecule has 0 atom stereocenters.